The number of benzene rings is 2. The molecule has 2 aromatic rings. The van der Waals surface area contributed by atoms with Crippen LogP contribution in [0.1, 0.15) is 40.1 Å². The number of carbonyl (C=O) groups is 4. The molecule has 13 heteroatoms. The Labute approximate surface area is 219 Å². The summed E-state index contributed by atoms with van der Waals surface area (Å²) in [6.45, 7) is 3.02. The largest absolute Gasteiger partial charge is 0.459 e. The van der Waals surface area contributed by atoms with Crippen molar-refractivity contribution in [1.29, 1.82) is 0 Å². The van der Waals surface area contributed by atoms with Crippen LogP contribution in [0.2, 0.25) is 0 Å². The van der Waals surface area contributed by atoms with Crippen molar-refractivity contribution < 1.29 is 28.8 Å². The van der Waals surface area contributed by atoms with Crippen molar-refractivity contribution in [3.05, 3.63) is 75.3 Å². The number of ether oxygens (including phenoxy) is 1. The van der Waals surface area contributed by atoms with E-state index in [0.717, 1.165) is 20.8 Å². The SMILES string of the molecule is CC(C)(SCl)C(C(=O)OCc1ccc([N+](=O)[O-])cc1)N1C(=O)C(N2C(=O)c3ccccc3C2=O)C1Cl. The first-order valence-corrected chi connectivity index (χ1v) is 12.7. The number of imide groups is 1. The standard InChI is InChI=1S/C23H19Cl2N3O7S/c1-23(2,36-25)17(22(32)35-11-12-7-9-13(10-8-12)28(33)34)27-18(24)16(21(27)31)26-19(29)14-5-3-4-6-15(14)20(26)30/h3-10,16-18H,11H2,1-2H3. The summed E-state index contributed by atoms with van der Waals surface area (Å²) in [5, 5.41) is 10.8. The smallest absolute Gasteiger partial charge is 0.330 e. The Kier molecular flexibility index (Phi) is 7.00. The lowest BCUT2D eigenvalue weighted by Gasteiger charge is -2.51. The number of nitro groups is 1. The molecular weight excluding hydrogens is 533 g/mol. The summed E-state index contributed by atoms with van der Waals surface area (Å²) in [6, 6.07) is 9.10. The van der Waals surface area contributed by atoms with Gasteiger partial charge in [0.2, 0.25) is 0 Å². The van der Waals surface area contributed by atoms with Gasteiger partial charge in [-0.15, -0.1) is 0 Å². The maximum absolute atomic E-state index is 13.3. The molecule has 3 unspecified atom stereocenters. The van der Waals surface area contributed by atoms with Gasteiger partial charge in [-0.1, -0.05) is 23.7 Å². The number of hydrogen-bond acceptors (Lipinski definition) is 8. The lowest BCUT2D eigenvalue weighted by molar-refractivity contribution is -0.384. The second-order valence-corrected chi connectivity index (χ2v) is 10.8. The van der Waals surface area contributed by atoms with Crippen LogP contribution in [-0.2, 0) is 20.9 Å². The quantitative estimate of drug-likeness (QED) is 0.0922. The van der Waals surface area contributed by atoms with Crippen LogP contribution in [0.4, 0.5) is 5.69 Å². The first-order valence-electron chi connectivity index (χ1n) is 10.6. The number of non-ortho nitro benzene ring substituents is 1. The van der Waals surface area contributed by atoms with Gasteiger partial charge >= 0.3 is 5.97 Å². The molecule has 0 aromatic heterocycles. The molecule has 2 aromatic carbocycles. The molecule has 0 spiro atoms. The molecule has 3 atom stereocenters. The van der Waals surface area contributed by atoms with Gasteiger partial charge in [0.1, 0.15) is 18.1 Å². The van der Waals surface area contributed by atoms with E-state index >= 15 is 0 Å². The Bertz CT molecular complexity index is 1240. The molecule has 4 rings (SSSR count). The number of halogens is 2. The molecular formula is C23H19Cl2N3O7S. The third kappa shape index (κ3) is 4.31. The maximum atomic E-state index is 13.3. The van der Waals surface area contributed by atoms with Crippen LogP contribution in [0.3, 0.4) is 0 Å². The van der Waals surface area contributed by atoms with Gasteiger partial charge in [0.05, 0.1) is 20.8 Å². The number of β-lactam (4-membered cyclic amide) rings is 1. The predicted molar refractivity (Wildman–Crippen MR) is 131 cm³/mol. The molecule has 0 saturated carbocycles. The number of carbonyl (C=O) groups excluding carboxylic acids is 4. The molecule has 188 valence electrons. The van der Waals surface area contributed by atoms with Gasteiger partial charge in [-0.05, 0) is 65.3 Å². The van der Waals surface area contributed by atoms with Gasteiger partial charge in [-0.3, -0.25) is 29.4 Å². The maximum Gasteiger partial charge on any atom is 0.330 e. The van der Waals surface area contributed by atoms with Crippen molar-refractivity contribution in [3.63, 3.8) is 0 Å². The fourth-order valence-electron chi connectivity index (χ4n) is 4.15. The summed E-state index contributed by atoms with van der Waals surface area (Å²) >= 11 is 6.53. The predicted octanol–water partition coefficient (Wildman–Crippen LogP) is 3.74. The van der Waals surface area contributed by atoms with Crippen LogP contribution >= 0.6 is 33.3 Å². The summed E-state index contributed by atoms with van der Waals surface area (Å²) in [5.41, 5.74) is -0.468. The number of rotatable bonds is 8. The summed E-state index contributed by atoms with van der Waals surface area (Å²) < 4.78 is 4.34. The Morgan fingerprint density at radius 3 is 2.14 bits per heavy atom. The van der Waals surface area contributed by atoms with Crippen molar-refractivity contribution in [1.82, 2.24) is 9.80 Å². The monoisotopic (exact) mass is 551 g/mol. The van der Waals surface area contributed by atoms with Crippen LogP contribution in [0.15, 0.2) is 48.5 Å². The Balaban J connectivity index is 1.53. The average Bonchev–Trinajstić information content (AvgIpc) is 3.11. The van der Waals surface area contributed by atoms with Gasteiger partial charge in [-0.25, -0.2) is 4.79 Å². The molecule has 1 fully saturated rings. The molecule has 0 radical (unpaired) electrons. The van der Waals surface area contributed by atoms with E-state index < -0.39 is 50.9 Å². The van der Waals surface area contributed by atoms with Gasteiger partial charge in [0.15, 0.2) is 6.04 Å². The number of esters is 1. The Morgan fingerprint density at radius 1 is 1.11 bits per heavy atom. The van der Waals surface area contributed by atoms with E-state index in [2.05, 4.69) is 0 Å². The third-order valence-corrected chi connectivity index (χ3v) is 8.29. The van der Waals surface area contributed by atoms with Crippen LogP contribution in [0, 0.1) is 10.1 Å². The van der Waals surface area contributed by atoms with E-state index in [0.29, 0.717) is 5.56 Å². The molecule has 1 saturated heterocycles. The van der Waals surface area contributed by atoms with Gasteiger partial charge in [0, 0.05) is 12.1 Å². The zero-order valence-electron chi connectivity index (χ0n) is 18.9. The zero-order chi connectivity index (χ0) is 26.4. The topological polar surface area (TPSA) is 127 Å². The molecule has 36 heavy (non-hydrogen) atoms. The lowest BCUT2D eigenvalue weighted by atomic mass is 9.94. The second kappa shape index (κ2) is 9.72. The molecule has 0 N–H and O–H groups in total. The molecule has 0 aliphatic carbocycles. The molecule has 10 nitrogen and oxygen atoms in total. The van der Waals surface area contributed by atoms with E-state index in [1.165, 1.54) is 36.4 Å². The minimum atomic E-state index is -1.29. The van der Waals surface area contributed by atoms with E-state index in [1.54, 1.807) is 26.0 Å². The van der Waals surface area contributed by atoms with Crippen LogP contribution < -0.4 is 0 Å². The summed E-state index contributed by atoms with van der Waals surface area (Å²) in [4.78, 5) is 64.2. The number of likely N-dealkylation sites (tertiary alicyclic amines) is 1. The highest BCUT2D eigenvalue weighted by Crippen LogP contribution is 2.42. The van der Waals surface area contributed by atoms with E-state index in [9.17, 15) is 29.3 Å². The van der Waals surface area contributed by atoms with Gasteiger partial charge < -0.3 is 9.64 Å². The van der Waals surface area contributed by atoms with Crippen molar-refractivity contribution in [2.45, 2.75) is 42.8 Å². The van der Waals surface area contributed by atoms with E-state index in [4.69, 9.17) is 27.0 Å². The van der Waals surface area contributed by atoms with Crippen LogP contribution in [0.5, 0.6) is 0 Å². The van der Waals surface area contributed by atoms with Crippen molar-refractivity contribution in [2.75, 3.05) is 0 Å². The average molecular weight is 552 g/mol. The van der Waals surface area contributed by atoms with E-state index in [-0.39, 0.29) is 23.4 Å². The highest BCUT2D eigenvalue weighted by atomic mass is 35.7. The molecule has 0 bridgehead atoms. The molecule has 2 aliphatic rings. The number of nitrogens with zero attached hydrogens (tertiary/aromatic N) is 3. The van der Waals surface area contributed by atoms with Crippen molar-refractivity contribution in [2.24, 2.45) is 0 Å². The Hall–Kier alpha value is -3.15. The number of amides is 3. The minimum Gasteiger partial charge on any atom is -0.459 e. The van der Waals surface area contributed by atoms with Crippen LogP contribution in [-0.4, -0.2) is 60.7 Å². The first kappa shape index (κ1) is 25.9. The third-order valence-electron chi connectivity index (χ3n) is 6.02. The van der Waals surface area contributed by atoms with Gasteiger partial charge in [0.25, 0.3) is 23.4 Å². The van der Waals surface area contributed by atoms with Gasteiger partial charge in [-0.2, -0.15) is 0 Å². The molecule has 2 aliphatic heterocycles. The van der Waals surface area contributed by atoms with E-state index in [1.807, 2.05) is 0 Å². The number of hydrogen-bond donors (Lipinski definition) is 0. The van der Waals surface area contributed by atoms with Crippen molar-refractivity contribution in [3.8, 4) is 0 Å². The normalized spacial score (nSPS) is 20.2. The highest BCUT2D eigenvalue weighted by Gasteiger charge is 2.61. The lowest BCUT2D eigenvalue weighted by Crippen LogP contribution is -2.75. The summed E-state index contributed by atoms with van der Waals surface area (Å²) in [5.74, 6) is -2.78. The fraction of sp³-hybridized carbons (Fsp3) is 0.304. The molecule has 2 heterocycles. The zero-order valence-corrected chi connectivity index (χ0v) is 21.2. The fourth-order valence-corrected chi connectivity index (χ4v) is 5.12. The molecule has 3 amide bonds. The summed E-state index contributed by atoms with van der Waals surface area (Å²) in [6.07, 6.45) is 0. The van der Waals surface area contributed by atoms with Crippen LogP contribution in [0.25, 0.3) is 0 Å². The number of nitro benzene ring substituents is 1. The second-order valence-electron chi connectivity index (χ2n) is 8.70. The number of fused-ring (bicyclic) bond motifs is 1. The number of alkyl halides is 1. The first-order chi connectivity index (χ1) is 17.0. The summed E-state index contributed by atoms with van der Waals surface area (Å²) in [7, 11) is 6.83. The highest BCUT2D eigenvalue weighted by molar-refractivity contribution is 8.22. The van der Waals surface area contributed by atoms with Crippen molar-refractivity contribution >= 4 is 62.6 Å². The minimum absolute atomic E-state index is 0.113. The Morgan fingerprint density at radius 2 is 1.67 bits per heavy atom.